The van der Waals surface area contributed by atoms with Gasteiger partial charge < -0.3 is 9.47 Å². The average Bonchev–Trinajstić information content (AvgIpc) is 2.67. The Morgan fingerprint density at radius 3 is 2.50 bits per heavy atom. The van der Waals surface area contributed by atoms with E-state index in [0.717, 1.165) is 33.8 Å². The molecule has 118 valence electrons. The highest BCUT2D eigenvalue weighted by atomic mass is 16.5. The van der Waals surface area contributed by atoms with Gasteiger partial charge in [-0.1, -0.05) is 48.4 Å². The van der Waals surface area contributed by atoms with E-state index in [-0.39, 0.29) is 0 Å². The van der Waals surface area contributed by atoms with Crippen molar-refractivity contribution in [3.05, 3.63) is 83.9 Å². The smallest absolute Gasteiger partial charge is 0.126 e. The zero-order chi connectivity index (χ0) is 16.8. The first-order chi connectivity index (χ1) is 11.8. The fourth-order valence-corrected chi connectivity index (χ4v) is 2.52. The van der Waals surface area contributed by atoms with Crippen LogP contribution in [-0.2, 0) is 6.61 Å². The first-order valence-electron chi connectivity index (χ1n) is 7.72. The van der Waals surface area contributed by atoms with E-state index in [1.807, 2.05) is 72.8 Å². The molecule has 3 aromatic rings. The van der Waals surface area contributed by atoms with Gasteiger partial charge in [0.25, 0.3) is 0 Å². The third-order valence-electron chi connectivity index (χ3n) is 3.76. The van der Waals surface area contributed by atoms with Gasteiger partial charge in [-0.3, -0.25) is 0 Å². The maximum Gasteiger partial charge on any atom is 0.126 e. The van der Waals surface area contributed by atoms with E-state index >= 15 is 0 Å². The van der Waals surface area contributed by atoms with E-state index in [9.17, 15) is 0 Å². The Bertz CT molecular complexity index is 861. The summed E-state index contributed by atoms with van der Waals surface area (Å²) in [6.07, 6.45) is 5.51. The molecule has 2 nitrogen and oxygen atoms in total. The Balaban J connectivity index is 1.87. The number of hydrogen-bond acceptors (Lipinski definition) is 2. The minimum absolute atomic E-state index is 0.534. The molecule has 0 bridgehead atoms. The van der Waals surface area contributed by atoms with Gasteiger partial charge in [-0.15, -0.1) is 6.42 Å². The predicted octanol–water partition coefficient (Wildman–Crippen LogP) is 4.92. The molecule has 0 aromatic heterocycles. The van der Waals surface area contributed by atoms with Crippen molar-refractivity contribution in [2.45, 2.75) is 6.61 Å². The Morgan fingerprint density at radius 1 is 0.917 bits per heavy atom. The summed E-state index contributed by atoms with van der Waals surface area (Å²) in [5, 5.41) is 0. The highest BCUT2D eigenvalue weighted by molar-refractivity contribution is 5.73. The van der Waals surface area contributed by atoms with Crippen molar-refractivity contribution >= 4 is 0 Å². The lowest BCUT2D eigenvalue weighted by Gasteiger charge is -2.12. The molecule has 3 rings (SSSR count). The van der Waals surface area contributed by atoms with Crippen LogP contribution in [0.2, 0.25) is 0 Å². The minimum Gasteiger partial charge on any atom is -0.496 e. The topological polar surface area (TPSA) is 18.5 Å². The first-order valence-corrected chi connectivity index (χ1v) is 7.72. The molecule has 0 aliphatic carbocycles. The predicted molar refractivity (Wildman–Crippen MR) is 97.1 cm³/mol. The second-order valence-corrected chi connectivity index (χ2v) is 5.36. The van der Waals surface area contributed by atoms with Crippen LogP contribution in [0.5, 0.6) is 11.5 Å². The quantitative estimate of drug-likeness (QED) is 0.622. The molecule has 0 saturated carbocycles. The van der Waals surface area contributed by atoms with E-state index in [1.54, 1.807) is 7.11 Å². The highest BCUT2D eigenvalue weighted by Gasteiger charge is 2.08. The molecule has 0 amide bonds. The summed E-state index contributed by atoms with van der Waals surface area (Å²) in [6, 6.07) is 23.8. The van der Waals surface area contributed by atoms with E-state index in [2.05, 4.69) is 5.92 Å². The summed E-state index contributed by atoms with van der Waals surface area (Å²) in [5.41, 5.74) is 3.92. The molecule has 0 fully saturated rings. The van der Waals surface area contributed by atoms with Gasteiger partial charge in [-0.25, -0.2) is 0 Å². The molecule has 2 heteroatoms. The number of benzene rings is 3. The van der Waals surface area contributed by atoms with Crippen molar-refractivity contribution in [1.29, 1.82) is 0 Å². The van der Waals surface area contributed by atoms with Crippen LogP contribution in [0.15, 0.2) is 72.8 Å². The fraction of sp³-hybridized carbons (Fsp3) is 0.0909. The largest absolute Gasteiger partial charge is 0.496 e. The number of ether oxygens (including phenoxy) is 2. The molecular formula is C22H18O2. The van der Waals surface area contributed by atoms with Crippen molar-refractivity contribution in [2.24, 2.45) is 0 Å². The van der Waals surface area contributed by atoms with Gasteiger partial charge >= 0.3 is 0 Å². The Hall–Kier alpha value is -3.18. The van der Waals surface area contributed by atoms with Crippen LogP contribution in [-0.4, -0.2) is 7.11 Å². The van der Waals surface area contributed by atoms with E-state index in [0.29, 0.717) is 6.61 Å². The molecular weight excluding hydrogens is 296 g/mol. The normalized spacial score (nSPS) is 10.0. The molecule has 24 heavy (non-hydrogen) atoms. The van der Waals surface area contributed by atoms with Crippen molar-refractivity contribution < 1.29 is 9.47 Å². The SMILES string of the molecule is C#Cc1ccc(OC)c(-c2cccc(OCc3ccccc3)c2)c1. The summed E-state index contributed by atoms with van der Waals surface area (Å²) in [6.45, 7) is 0.534. The third kappa shape index (κ3) is 3.59. The lowest BCUT2D eigenvalue weighted by molar-refractivity contribution is 0.306. The Kier molecular flexibility index (Phi) is 4.84. The van der Waals surface area contributed by atoms with Crippen LogP contribution in [0.1, 0.15) is 11.1 Å². The van der Waals surface area contributed by atoms with E-state index in [1.165, 1.54) is 0 Å². The molecule has 0 aliphatic rings. The number of methoxy groups -OCH3 is 1. The zero-order valence-electron chi connectivity index (χ0n) is 13.5. The summed E-state index contributed by atoms with van der Waals surface area (Å²) in [7, 11) is 1.66. The number of rotatable bonds is 5. The third-order valence-corrected chi connectivity index (χ3v) is 3.76. The van der Waals surface area contributed by atoms with Crippen molar-refractivity contribution in [3.63, 3.8) is 0 Å². The van der Waals surface area contributed by atoms with Crippen LogP contribution < -0.4 is 9.47 Å². The molecule has 0 spiro atoms. The van der Waals surface area contributed by atoms with Crippen LogP contribution in [0, 0.1) is 12.3 Å². The van der Waals surface area contributed by atoms with Crippen LogP contribution >= 0.6 is 0 Å². The number of hydrogen-bond donors (Lipinski definition) is 0. The van der Waals surface area contributed by atoms with Crippen molar-refractivity contribution in [2.75, 3.05) is 7.11 Å². The summed E-state index contributed by atoms with van der Waals surface area (Å²) in [5.74, 6) is 4.26. The van der Waals surface area contributed by atoms with Gasteiger partial charge in [0.2, 0.25) is 0 Å². The molecule has 0 saturated heterocycles. The van der Waals surface area contributed by atoms with Crippen LogP contribution in [0.25, 0.3) is 11.1 Å². The van der Waals surface area contributed by atoms with E-state index in [4.69, 9.17) is 15.9 Å². The Morgan fingerprint density at radius 2 is 1.75 bits per heavy atom. The molecule has 0 aliphatic heterocycles. The fourth-order valence-electron chi connectivity index (χ4n) is 2.52. The summed E-state index contributed by atoms with van der Waals surface area (Å²) in [4.78, 5) is 0. The van der Waals surface area contributed by atoms with Gasteiger partial charge in [0, 0.05) is 11.1 Å². The summed E-state index contributed by atoms with van der Waals surface area (Å²) < 4.78 is 11.4. The van der Waals surface area contributed by atoms with Crippen molar-refractivity contribution in [3.8, 4) is 35.0 Å². The minimum atomic E-state index is 0.534. The maximum absolute atomic E-state index is 5.90. The van der Waals surface area contributed by atoms with Gasteiger partial charge in [-0.05, 0) is 41.5 Å². The molecule has 0 unspecified atom stereocenters. The standard InChI is InChI=1S/C22H18O2/c1-3-17-12-13-22(23-2)21(14-17)19-10-7-11-20(15-19)24-16-18-8-5-4-6-9-18/h1,4-15H,16H2,2H3. The lowest BCUT2D eigenvalue weighted by atomic mass is 10.0. The molecule has 0 radical (unpaired) electrons. The highest BCUT2D eigenvalue weighted by Crippen LogP contribution is 2.32. The molecule has 0 N–H and O–H groups in total. The van der Waals surface area contributed by atoms with Crippen molar-refractivity contribution in [1.82, 2.24) is 0 Å². The van der Waals surface area contributed by atoms with Crippen LogP contribution in [0.4, 0.5) is 0 Å². The number of terminal acetylenes is 1. The van der Waals surface area contributed by atoms with Gasteiger partial charge in [0.15, 0.2) is 0 Å². The van der Waals surface area contributed by atoms with Crippen LogP contribution in [0.3, 0.4) is 0 Å². The van der Waals surface area contributed by atoms with E-state index < -0.39 is 0 Å². The lowest BCUT2D eigenvalue weighted by Crippen LogP contribution is -1.95. The molecule has 0 atom stereocenters. The summed E-state index contributed by atoms with van der Waals surface area (Å²) >= 11 is 0. The van der Waals surface area contributed by atoms with Gasteiger partial charge in [0.1, 0.15) is 18.1 Å². The first kappa shape index (κ1) is 15.7. The average molecular weight is 314 g/mol. The molecule has 3 aromatic carbocycles. The Labute approximate surface area is 142 Å². The monoisotopic (exact) mass is 314 g/mol. The second-order valence-electron chi connectivity index (χ2n) is 5.36. The maximum atomic E-state index is 5.90. The zero-order valence-corrected chi connectivity index (χ0v) is 13.5. The molecule has 0 heterocycles. The van der Waals surface area contributed by atoms with Gasteiger partial charge in [0.05, 0.1) is 7.11 Å². The second kappa shape index (κ2) is 7.39. The van der Waals surface area contributed by atoms with Gasteiger partial charge in [-0.2, -0.15) is 0 Å².